The van der Waals surface area contributed by atoms with Crippen molar-refractivity contribution >= 4 is 17.3 Å². The van der Waals surface area contributed by atoms with Gasteiger partial charge in [0.25, 0.3) is 5.69 Å². The van der Waals surface area contributed by atoms with E-state index in [2.05, 4.69) is 0 Å². The molecule has 0 aliphatic heterocycles. The summed E-state index contributed by atoms with van der Waals surface area (Å²) in [5.74, 6) is 0. The third-order valence-corrected chi connectivity index (χ3v) is 2.18. The van der Waals surface area contributed by atoms with Gasteiger partial charge in [0.2, 0.25) is 0 Å². The van der Waals surface area contributed by atoms with Gasteiger partial charge in [0, 0.05) is 11.6 Å². The van der Waals surface area contributed by atoms with Gasteiger partial charge in [0.1, 0.15) is 0 Å². The smallest absolute Gasteiger partial charge is 0.258 e. The van der Waals surface area contributed by atoms with Gasteiger partial charge in [-0.3, -0.25) is 10.1 Å². The van der Waals surface area contributed by atoms with Crippen LogP contribution in [-0.2, 0) is 6.42 Å². The molecule has 0 saturated carbocycles. The summed E-state index contributed by atoms with van der Waals surface area (Å²) in [6.07, 6.45) is 0.164. The van der Waals surface area contributed by atoms with E-state index in [9.17, 15) is 10.1 Å². The fourth-order valence-electron chi connectivity index (χ4n) is 1.15. The number of benzene rings is 1. The first-order chi connectivity index (χ1) is 6.56. The molecule has 1 aromatic carbocycles. The number of nitro groups is 1. The molecule has 1 aromatic rings. The summed E-state index contributed by atoms with van der Waals surface area (Å²) < 4.78 is 0. The number of aryl methyl sites for hydroxylation is 1. The molecular formula is C9H7ClN2O2. The van der Waals surface area contributed by atoms with Gasteiger partial charge in [-0.25, -0.2) is 0 Å². The highest BCUT2D eigenvalue weighted by Crippen LogP contribution is 2.26. The first kappa shape index (κ1) is 10.5. The minimum atomic E-state index is -0.489. The Morgan fingerprint density at radius 2 is 2.29 bits per heavy atom. The van der Waals surface area contributed by atoms with Gasteiger partial charge in [-0.2, -0.15) is 5.26 Å². The lowest BCUT2D eigenvalue weighted by molar-refractivity contribution is -0.385. The Hall–Kier alpha value is -1.60. The molecule has 72 valence electrons. The van der Waals surface area contributed by atoms with Crippen molar-refractivity contribution in [1.82, 2.24) is 0 Å². The zero-order valence-electron chi connectivity index (χ0n) is 7.45. The summed E-state index contributed by atoms with van der Waals surface area (Å²) in [6, 6.07) is 4.80. The van der Waals surface area contributed by atoms with E-state index in [1.807, 2.05) is 6.07 Å². The predicted octanol–water partition coefficient (Wildman–Crippen LogP) is 2.62. The summed E-state index contributed by atoms with van der Waals surface area (Å²) in [5.41, 5.74) is 1.12. The molecule has 0 heterocycles. The minimum absolute atomic E-state index is 0.0170. The van der Waals surface area contributed by atoms with Gasteiger partial charge in [0.15, 0.2) is 0 Å². The van der Waals surface area contributed by atoms with Crippen LogP contribution in [-0.4, -0.2) is 4.92 Å². The number of hydrogen-bond acceptors (Lipinski definition) is 3. The van der Waals surface area contributed by atoms with E-state index in [-0.39, 0.29) is 17.1 Å². The Kier molecular flexibility index (Phi) is 3.05. The van der Waals surface area contributed by atoms with Crippen LogP contribution in [0.3, 0.4) is 0 Å². The van der Waals surface area contributed by atoms with Crippen LogP contribution in [0, 0.1) is 28.4 Å². The monoisotopic (exact) mass is 210 g/mol. The molecule has 0 fully saturated rings. The van der Waals surface area contributed by atoms with Crippen LogP contribution < -0.4 is 0 Å². The zero-order chi connectivity index (χ0) is 10.7. The minimum Gasteiger partial charge on any atom is -0.258 e. The summed E-state index contributed by atoms with van der Waals surface area (Å²) in [7, 11) is 0. The molecule has 0 bridgehead atoms. The molecule has 0 saturated heterocycles. The van der Waals surface area contributed by atoms with Crippen molar-refractivity contribution in [2.75, 3.05) is 0 Å². The molecule has 1 rings (SSSR count). The predicted molar refractivity (Wildman–Crippen MR) is 52.2 cm³/mol. The molecule has 0 atom stereocenters. The molecule has 5 heteroatoms. The van der Waals surface area contributed by atoms with E-state index in [1.54, 1.807) is 13.0 Å². The first-order valence-electron chi connectivity index (χ1n) is 3.86. The molecule has 0 radical (unpaired) electrons. The molecule has 4 nitrogen and oxygen atoms in total. The lowest BCUT2D eigenvalue weighted by Gasteiger charge is -2.02. The number of nitriles is 1. The highest BCUT2D eigenvalue weighted by molar-refractivity contribution is 6.31. The van der Waals surface area contributed by atoms with Crippen molar-refractivity contribution in [3.05, 3.63) is 38.4 Å². The van der Waals surface area contributed by atoms with Crippen molar-refractivity contribution in [2.24, 2.45) is 0 Å². The van der Waals surface area contributed by atoms with Crippen molar-refractivity contribution in [3.63, 3.8) is 0 Å². The standard InChI is InChI=1S/C9H7ClN2O2/c1-6-4-7(2-3-11)8(10)5-9(6)12(13)14/h4-5H,2H2,1H3. The Balaban J connectivity index is 3.25. The quantitative estimate of drug-likeness (QED) is 0.557. The Morgan fingerprint density at radius 3 is 2.79 bits per heavy atom. The van der Waals surface area contributed by atoms with Gasteiger partial charge in [-0.1, -0.05) is 11.6 Å². The van der Waals surface area contributed by atoms with E-state index in [0.29, 0.717) is 11.1 Å². The molecule has 0 aliphatic rings. The Morgan fingerprint density at radius 1 is 1.64 bits per heavy atom. The maximum Gasteiger partial charge on any atom is 0.273 e. The Labute approximate surface area is 85.9 Å². The van der Waals surface area contributed by atoms with Gasteiger partial charge >= 0.3 is 0 Å². The molecule has 14 heavy (non-hydrogen) atoms. The number of nitrogens with zero attached hydrogens (tertiary/aromatic N) is 2. The van der Waals surface area contributed by atoms with Crippen LogP contribution in [0.25, 0.3) is 0 Å². The van der Waals surface area contributed by atoms with Crippen LogP contribution in [0.4, 0.5) is 5.69 Å². The SMILES string of the molecule is Cc1cc(CC#N)c(Cl)cc1[N+](=O)[O-]. The summed E-state index contributed by atoms with van der Waals surface area (Å²) in [5, 5.41) is 19.3. The van der Waals surface area contributed by atoms with Crippen LogP contribution >= 0.6 is 11.6 Å². The van der Waals surface area contributed by atoms with E-state index < -0.39 is 4.92 Å². The fraction of sp³-hybridized carbons (Fsp3) is 0.222. The van der Waals surface area contributed by atoms with Crippen molar-refractivity contribution in [1.29, 1.82) is 5.26 Å². The molecule has 0 aliphatic carbocycles. The largest absolute Gasteiger partial charge is 0.273 e. The molecule has 0 amide bonds. The topological polar surface area (TPSA) is 66.9 Å². The maximum absolute atomic E-state index is 10.5. The van der Waals surface area contributed by atoms with Crippen LogP contribution in [0.15, 0.2) is 12.1 Å². The second-order valence-electron chi connectivity index (χ2n) is 2.82. The first-order valence-corrected chi connectivity index (χ1v) is 4.24. The van der Waals surface area contributed by atoms with Crippen LogP contribution in [0.1, 0.15) is 11.1 Å². The number of halogens is 1. The van der Waals surface area contributed by atoms with Crippen molar-refractivity contribution in [3.8, 4) is 6.07 Å². The average Bonchev–Trinajstić information content (AvgIpc) is 2.10. The van der Waals surface area contributed by atoms with Gasteiger partial charge in [0.05, 0.1) is 22.4 Å². The highest BCUT2D eigenvalue weighted by Gasteiger charge is 2.13. The summed E-state index contributed by atoms with van der Waals surface area (Å²) in [4.78, 5) is 10.0. The highest BCUT2D eigenvalue weighted by atomic mass is 35.5. The summed E-state index contributed by atoms with van der Waals surface area (Å²) in [6.45, 7) is 1.62. The van der Waals surface area contributed by atoms with Gasteiger partial charge in [-0.15, -0.1) is 0 Å². The second-order valence-corrected chi connectivity index (χ2v) is 3.23. The summed E-state index contributed by atoms with van der Waals surface area (Å²) >= 11 is 5.77. The number of hydrogen-bond donors (Lipinski definition) is 0. The molecule has 0 N–H and O–H groups in total. The average molecular weight is 211 g/mol. The fourth-order valence-corrected chi connectivity index (χ4v) is 1.37. The Bertz CT molecular complexity index is 424. The lowest BCUT2D eigenvalue weighted by Crippen LogP contribution is -1.94. The molecule has 0 unspecified atom stereocenters. The van der Waals surface area contributed by atoms with Crippen LogP contribution in [0.2, 0.25) is 5.02 Å². The van der Waals surface area contributed by atoms with Crippen molar-refractivity contribution < 1.29 is 4.92 Å². The third-order valence-electron chi connectivity index (χ3n) is 1.83. The normalized spacial score (nSPS) is 9.50. The van der Waals surface area contributed by atoms with Crippen molar-refractivity contribution in [2.45, 2.75) is 13.3 Å². The van der Waals surface area contributed by atoms with E-state index in [4.69, 9.17) is 16.9 Å². The lowest BCUT2D eigenvalue weighted by atomic mass is 10.1. The number of rotatable bonds is 2. The van der Waals surface area contributed by atoms with E-state index in [0.717, 1.165) is 0 Å². The molecule has 0 aromatic heterocycles. The molecule has 0 spiro atoms. The second kappa shape index (κ2) is 4.07. The van der Waals surface area contributed by atoms with Gasteiger partial charge < -0.3 is 0 Å². The zero-order valence-corrected chi connectivity index (χ0v) is 8.21. The van der Waals surface area contributed by atoms with E-state index >= 15 is 0 Å². The van der Waals surface area contributed by atoms with Crippen LogP contribution in [0.5, 0.6) is 0 Å². The maximum atomic E-state index is 10.5. The molecular weight excluding hydrogens is 204 g/mol. The number of nitro benzene ring substituents is 1. The van der Waals surface area contributed by atoms with Gasteiger partial charge in [-0.05, 0) is 18.6 Å². The third kappa shape index (κ3) is 2.01. The van der Waals surface area contributed by atoms with E-state index in [1.165, 1.54) is 6.07 Å².